The van der Waals surface area contributed by atoms with Crippen molar-refractivity contribution < 1.29 is 14.4 Å². The van der Waals surface area contributed by atoms with Crippen LogP contribution in [0.25, 0.3) is 6.08 Å². The molecule has 3 amide bonds. The molecule has 0 saturated carbocycles. The summed E-state index contributed by atoms with van der Waals surface area (Å²) in [7, 11) is 0. The van der Waals surface area contributed by atoms with Crippen molar-refractivity contribution in [3.05, 3.63) is 131 Å². The van der Waals surface area contributed by atoms with Crippen LogP contribution in [-0.2, 0) is 9.59 Å². The molecule has 4 aromatic rings. The number of halogens is 1. The molecule has 0 unspecified atom stereocenters. The summed E-state index contributed by atoms with van der Waals surface area (Å²) in [6, 6.07) is 30.4. The molecule has 0 atom stereocenters. The first-order chi connectivity index (χ1) is 18.9. The summed E-state index contributed by atoms with van der Waals surface area (Å²) in [6.45, 7) is 1.98. The zero-order valence-electron chi connectivity index (χ0n) is 21.1. The summed E-state index contributed by atoms with van der Waals surface area (Å²) in [4.78, 5) is 39.3. The zero-order valence-corrected chi connectivity index (χ0v) is 22.7. The van der Waals surface area contributed by atoms with Crippen LogP contribution in [0.4, 0.5) is 11.4 Å². The minimum atomic E-state index is -0.470. The standard InChI is InChI=1S/C31H26ClN3O3S/c1-21-10-12-22(13-11-21)18-28(35-30(37)23-6-3-2-4-7-23)31(38)34-26-8-5-9-27(19-26)39-20-29(36)33-25-16-14-24(32)15-17-25/h2-19H,20H2,1H3,(H,33,36)(H,34,38)(H,35,37)/b28-18-. The van der Waals surface area contributed by atoms with Gasteiger partial charge in [0.1, 0.15) is 5.70 Å². The van der Waals surface area contributed by atoms with Crippen LogP contribution in [0.5, 0.6) is 0 Å². The number of thioether (sulfide) groups is 1. The van der Waals surface area contributed by atoms with Crippen LogP contribution in [-0.4, -0.2) is 23.5 Å². The maximum Gasteiger partial charge on any atom is 0.272 e. The van der Waals surface area contributed by atoms with Gasteiger partial charge in [-0.15, -0.1) is 11.8 Å². The maximum atomic E-state index is 13.3. The minimum absolute atomic E-state index is 0.105. The van der Waals surface area contributed by atoms with Gasteiger partial charge in [-0.25, -0.2) is 0 Å². The molecule has 8 heteroatoms. The Morgan fingerprint density at radius 2 is 1.51 bits per heavy atom. The van der Waals surface area contributed by atoms with Crippen molar-refractivity contribution in [1.29, 1.82) is 0 Å². The number of aryl methyl sites for hydroxylation is 1. The number of carbonyl (C=O) groups is 3. The quantitative estimate of drug-likeness (QED) is 0.157. The molecule has 0 bridgehead atoms. The molecule has 0 saturated heterocycles. The van der Waals surface area contributed by atoms with E-state index < -0.39 is 5.91 Å². The number of rotatable bonds is 9. The van der Waals surface area contributed by atoms with Crippen molar-refractivity contribution in [3.8, 4) is 0 Å². The van der Waals surface area contributed by atoms with Gasteiger partial charge in [-0.3, -0.25) is 14.4 Å². The van der Waals surface area contributed by atoms with Crippen molar-refractivity contribution in [2.24, 2.45) is 0 Å². The summed E-state index contributed by atoms with van der Waals surface area (Å²) in [5.74, 6) is -0.836. The summed E-state index contributed by atoms with van der Waals surface area (Å²) in [6.07, 6.45) is 1.63. The molecule has 0 heterocycles. The maximum absolute atomic E-state index is 13.3. The summed E-state index contributed by atoms with van der Waals surface area (Å²) in [5.41, 5.74) is 3.60. The lowest BCUT2D eigenvalue weighted by molar-refractivity contribution is -0.114. The van der Waals surface area contributed by atoms with Gasteiger partial charge in [0.2, 0.25) is 5.91 Å². The van der Waals surface area contributed by atoms with Crippen LogP contribution < -0.4 is 16.0 Å². The summed E-state index contributed by atoms with van der Waals surface area (Å²) < 4.78 is 0. The molecule has 0 aliphatic heterocycles. The Labute approximate surface area is 236 Å². The van der Waals surface area contributed by atoms with Gasteiger partial charge in [-0.1, -0.05) is 65.7 Å². The lowest BCUT2D eigenvalue weighted by Gasteiger charge is -2.12. The molecule has 0 aliphatic carbocycles. The van der Waals surface area contributed by atoms with E-state index in [0.29, 0.717) is 22.0 Å². The SMILES string of the molecule is Cc1ccc(/C=C(\NC(=O)c2ccccc2)C(=O)Nc2cccc(SCC(=O)Nc3ccc(Cl)cc3)c2)cc1. The smallest absolute Gasteiger partial charge is 0.272 e. The van der Waals surface area contributed by atoms with E-state index in [0.717, 1.165) is 16.0 Å². The highest BCUT2D eigenvalue weighted by atomic mass is 35.5. The average molecular weight is 556 g/mol. The molecule has 0 aliphatic rings. The van der Waals surface area contributed by atoms with E-state index in [-0.39, 0.29) is 23.3 Å². The fourth-order valence-corrected chi connectivity index (χ4v) is 4.39. The molecular formula is C31H26ClN3O3S. The Morgan fingerprint density at radius 3 is 2.23 bits per heavy atom. The van der Waals surface area contributed by atoms with Gasteiger partial charge >= 0.3 is 0 Å². The first kappa shape index (κ1) is 27.7. The Hall–Kier alpha value is -4.33. The topological polar surface area (TPSA) is 87.3 Å². The van der Waals surface area contributed by atoms with E-state index in [1.807, 2.05) is 43.3 Å². The average Bonchev–Trinajstić information content (AvgIpc) is 2.94. The van der Waals surface area contributed by atoms with E-state index in [4.69, 9.17) is 11.6 Å². The van der Waals surface area contributed by atoms with Gasteiger partial charge in [0.25, 0.3) is 11.8 Å². The third kappa shape index (κ3) is 8.60. The highest BCUT2D eigenvalue weighted by Crippen LogP contribution is 2.23. The molecule has 0 aromatic heterocycles. The number of hydrogen-bond acceptors (Lipinski definition) is 4. The van der Waals surface area contributed by atoms with E-state index in [1.165, 1.54) is 11.8 Å². The van der Waals surface area contributed by atoms with Gasteiger partial charge in [0.15, 0.2) is 0 Å². The Bertz CT molecular complexity index is 1490. The Balaban J connectivity index is 1.44. The van der Waals surface area contributed by atoms with Crippen LogP contribution in [0.15, 0.2) is 114 Å². The van der Waals surface area contributed by atoms with Crippen molar-refractivity contribution >= 4 is 58.5 Å². The predicted molar refractivity (Wildman–Crippen MR) is 159 cm³/mol. The van der Waals surface area contributed by atoms with Crippen LogP contribution in [0.1, 0.15) is 21.5 Å². The molecule has 196 valence electrons. The largest absolute Gasteiger partial charge is 0.325 e. The number of benzene rings is 4. The first-order valence-electron chi connectivity index (χ1n) is 12.1. The number of hydrogen-bond donors (Lipinski definition) is 3. The number of nitrogens with one attached hydrogen (secondary N) is 3. The Morgan fingerprint density at radius 1 is 0.795 bits per heavy atom. The Kier molecular flexibility index (Phi) is 9.56. The van der Waals surface area contributed by atoms with Gasteiger partial charge in [0, 0.05) is 26.9 Å². The van der Waals surface area contributed by atoms with Crippen molar-refractivity contribution in [2.45, 2.75) is 11.8 Å². The second kappa shape index (κ2) is 13.5. The monoisotopic (exact) mass is 555 g/mol. The second-order valence-corrected chi connectivity index (χ2v) is 10.1. The lowest BCUT2D eigenvalue weighted by Crippen LogP contribution is -2.30. The van der Waals surface area contributed by atoms with Crippen molar-refractivity contribution in [3.63, 3.8) is 0 Å². The predicted octanol–water partition coefficient (Wildman–Crippen LogP) is 6.79. The highest BCUT2D eigenvalue weighted by Gasteiger charge is 2.15. The molecule has 4 aromatic carbocycles. The van der Waals surface area contributed by atoms with Gasteiger partial charge < -0.3 is 16.0 Å². The molecule has 4 rings (SSSR count). The second-order valence-electron chi connectivity index (χ2n) is 8.61. The molecule has 0 radical (unpaired) electrons. The normalized spacial score (nSPS) is 11.0. The van der Waals surface area contributed by atoms with Crippen LogP contribution in [0.2, 0.25) is 5.02 Å². The van der Waals surface area contributed by atoms with Crippen molar-refractivity contribution in [1.82, 2.24) is 5.32 Å². The van der Waals surface area contributed by atoms with Gasteiger partial charge in [-0.05, 0) is 73.2 Å². The number of anilines is 2. The molecule has 6 nitrogen and oxygen atoms in total. The summed E-state index contributed by atoms with van der Waals surface area (Å²) >= 11 is 7.23. The zero-order chi connectivity index (χ0) is 27.6. The van der Waals surface area contributed by atoms with E-state index in [1.54, 1.807) is 72.8 Å². The fourth-order valence-electron chi connectivity index (χ4n) is 3.51. The molecular weight excluding hydrogens is 530 g/mol. The fraction of sp³-hybridized carbons (Fsp3) is 0.0645. The molecule has 3 N–H and O–H groups in total. The van der Waals surface area contributed by atoms with E-state index in [9.17, 15) is 14.4 Å². The van der Waals surface area contributed by atoms with Gasteiger partial charge in [-0.2, -0.15) is 0 Å². The van der Waals surface area contributed by atoms with Gasteiger partial charge in [0.05, 0.1) is 5.75 Å². The number of carbonyl (C=O) groups excluding carboxylic acids is 3. The third-order valence-electron chi connectivity index (χ3n) is 5.51. The van der Waals surface area contributed by atoms with Crippen LogP contribution >= 0.6 is 23.4 Å². The van der Waals surface area contributed by atoms with E-state index in [2.05, 4.69) is 16.0 Å². The molecule has 0 spiro atoms. The molecule has 0 fully saturated rings. The van der Waals surface area contributed by atoms with E-state index >= 15 is 0 Å². The van der Waals surface area contributed by atoms with Crippen LogP contribution in [0, 0.1) is 6.92 Å². The minimum Gasteiger partial charge on any atom is -0.325 e. The molecule has 39 heavy (non-hydrogen) atoms. The number of amides is 3. The van der Waals surface area contributed by atoms with Crippen molar-refractivity contribution in [2.75, 3.05) is 16.4 Å². The highest BCUT2D eigenvalue weighted by molar-refractivity contribution is 8.00. The lowest BCUT2D eigenvalue weighted by atomic mass is 10.1. The first-order valence-corrected chi connectivity index (χ1v) is 13.5. The van der Waals surface area contributed by atoms with Crippen LogP contribution in [0.3, 0.4) is 0 Å². The third-order valence-corrected chi connectivity index (χ3v) is 6.75. The summed E-state index contributed by atoms with van der Waals surface area (Å²) in [5, 5.41) is 9.02.